The van der Waals surface area contributed by atoms with Crippen LogP contribution < -0.4 is 10.6 Å². The Bertz CT molecular complexity index is 1060. The van der Waals surface area contributed by atoms with Crippen LogP contribution in [0.15, 0.2) is 73.1 Å². The lowest BCUT2D eigenvalue weighted by Crippen LogP contribution is -1.98. The fourth-order valence-electron chi connectivity index (χ4n) is 2.73. The van der Waals surface area contributed by atoms with Crippen LogP contribution in [0.3, 0.4) is 0 Å². The van der Waals surface area contributed by atoms with E-state index in [0.29, 0.717) is 5.82 Å². The van der Waals surface area contributed by atoms with Gasteiger partial charge in [-0.25, -0.2) is 9.97 Å². The van der Waals surface area contributed by atoms with Crippen molar-refractivity contribution < 1.29 is 0 Å². The summed E-state index contributed by atoms with van der Waals surface area (Å²) in [5.41, 5.74) is 5.93. The van der Waals surface area contributed by atoms with Crippen molar-refractivity contribution in [2.24, 2.45) is 0 Å². The first kappa shape index (κ1) is 17.6. The predicted octanol–water partition coefficient (Wildman–Crippen LogP) is 5.04. The summed E-state index contributed by atoms with van der Waals surface area (Å²) in [5, 5.41) is 15.1. The van der Waals surface area contributed by atoms with E-state index in [1.807, 2.05) is 49.4 Å². The van der Waals surface area contributed by atoms with Crippen molar-refractivity contribution in [1.29, 1.82) is 0 Å². The predicted molar refractivity (Wildman–Crippen MR) is 112 cm³/mol. The minimum atomic E-state index is 0.697. The maximum Gasteiger partial charge on any atom is 0.153 e. The molecular weight excluding hydrogens is 348 g/mol. The van der Waals surface area contributed by atoms with Gasteiger partial charge in [0.2, 0.25) is 0 Å². The van der Waals surface area contributed by atoms with Gasteiger partial charge in [0, 0.05) is 28.7 Å². The van der Waals surface area contributed by atoms with Crippen LogP contribution in [0.4, 0.5) is 23.0 Å². The molecule has 0 unspecified atom stereocenters. The zero-order chi connectivity index (χ0) is 19.3. The van der Waals surface area contributed by atoms with Crippen molar-refractivity contribution in [2.45, 2.75) is 13.8 Å². The number of nitrogens with zero attached hydrogens (tertiary/aromatic N) is 4. The van der Waals surface area contributed by atoms with Crippen LogP contribution in [0.1, 0.15) is 11.3 Å². The summed E-state index contributed by atoms with van der Waals surface area (Å²) in [5.74, 6) is 1.47. The minimum absolute atomic E-state index is 0.697. The molecule has 2 aromatic carbocycles. The van der Waals surface area contributed by atoms with Crippen LogP contribution >= 0.6 is 0 Å². The first-order valence-corrected chi connectivity index (χ1v) is 8.99. The van der Waals surface area contributed by atoms with Gasteiger partial charge in [0.05, 0.1) is 5.69 Å². The SMILES string of the molecule is Cc1ccc(-c2ccc(Nc3ccc(Nc4cc(C)ncn4)cc3)nn2)cc1. The molecule has 0 saturated carbocycles. The first-order valence-electron chi connectivity index (χ1n) is 8.99. The van der Waals surface area contributed by atoms with Crippen LogP contribution in [0.2, 0.25) is 0 Å². The zero-order valence-corrected chi connectivity index (χ0v) is 15.7. The molecule has 0 atom stereocenters. The van der Waals surface area contributed by atoms with Crippen molar-refractivity contribution >= 4 is 23.0 Å². The van der Waals surface area contributed by atoms with Gasteiger partial charge in [0.15, 0.2) is 5.82 Å². The van der Waals surface area contributed by atoms with E-state index in [1.165, 1.54) is 5.56 Å². The lowest BCUT2D eigenvalue weighted by Gasteiger charge is -2.09. The second-order valence-corrected chi connectivity index (χ2v) is 6.54. The van der Waals surface area contributed by atoms with Gasteiger partial charge in [-0.15, -0.1) is 10.2 Å². The number of benzene rings is 2. The highest BCUT2D eigenvalue weighted by Crippen LogP contribution is 2.22. The molecule has 0 saturated heterocycles. The number of aryl methyl sites for hydroxylation is 2. The quantitative estimate of drug-likeness (QED) is 0.514. The maximum absolute atomic E-state index is 4.32. The van der Waals surface area contributed by atoms with Gasteiger partial charge in [-0.05, 0) is 50.2 Å². The molecule has 4 aromatic rings. The Morgan fingerprint density at radius 2 is 1.32 bits per heavy atom. The van der Waals surface area contributed by atoms with Gasteiger partial charge in [-0.3, -0.25) is 0 Å². The summed E-state index contributed by atoms with van der Waals surface area (Å²) in [6.07, 6.45) is 1.55. The number of rotatable bonds is 5. The number of nitrogens with one attached hydrogen (secondary N) is 2. The zero-order valence-electron chi connectivity index (χ0n) is 15.7. The highest BCUT2D eigenvalue weighted by molar-refractivity contribution is 5.65. The Morgan fingerprint density at radius 1 is 0.643 bits per heavy atom. The largest absolute Gasteiger partial charge is 0.340 e. The van der Waals surface area contributed by atoms with Crippen molar-refractivity contribution in [2.75, 3.05) is 10.6 Å². The number of hydrogen-bond acceptors (Lipinski definition) is 6. The van der Waals surface area contributed by atoms with E-state index in [-0.39, 0.29) is 0 Å². The molecule has 0 amide bonds. The molecule has 6 heteroatoms. The van der Waals surface area contributed by atoms with E-state index in [1.54, 1.807) is 6.33 Å². The highest BCUT2D eigenvalue weighted by Gasteiger charge is 2.03. The average molecular weight is 368 g/mol. The van der Waals surface area contributed by atoms with Crippen molar-refractivity contribution in [3.05, 3.63) is 84.3 Å². The minimum Gasteiger partial charge on any atom is -0.340 e. The fraction of sp³-hybridized carbons (Fsp3) is 0.0909. The molecule has 2 N–H and O–H groups in total. The normalized spacial score (nSPS) is 10.5. The van der Waals surface area contributed by atoms with Crippen LogP contribution in [-0.2, 0) is 0 Å². The molecule has 0 aliphatic rings. The highest BCUT2D eigenvalue weighted by atomic mass is 15.2. The summed E-state index contributed by atoms with van der Waals surface area (Å²) in [4.78, 5) is 8.30. The summed E-state index contributed by atoms with van der Waals surface area (Å²) in [6, 6.07) is 22.0. The molecule has 138 valence electrons. The number of aromatic nitrogens is 4. The molecule has 4 rings (SSSR count). The molecule has 28 heavy (non-hydrogen) atoms. The van der Waals surface area contributed by atoms with Gasteiger partial charge >= 0.3 is 0 Å². The molecule has 0 radical (unpaired) electrons. The third-order valence-corrected chi connectivity index (χ3v) is 4.25. The molecule has 2 aromatic heterocycles. The van der Waals surface area contributed by atoms with Crippen LogP contribution in [0.5, 0.6) is 0 Å². The standard InChI is InChI=1S/C22H20N6/c1-15-3-5-17(6-4-15)20-11-12-21(28-27-20)25-18-7-9-19(10-8-18)26-22-13-16(2)23-14-24-22/h3-14H,1-2H3,(H,25,28)(H,23,24,26). The average Bonchev–Trinajstić information content (AvgIpc) is 2.71. The summed E-state index contributed by atoms with van der Waals surface area (Å²) in [7, 11) is 0. The monoisotopic (exact) mass is 368 g/mol. The van der Waals surface area contributed by atoms with Crippen molar-refractivity contribution in [3.63, 3.8) is 0 Å². The summed E-state index contributed by atoms with van der Waals surface area (Å²) in [6.45, 7) is 4.00. The van der Waals surface area contributed by atoms with Crippen molar-refractivity contribution in [1.82, 2.24) is 20.2 Å². The Labute approximate surface area is 163 Å². The lowest BCUT2D eigenvalue weighted by molar-refractivity contribution is 1.04. The van der Waals surface area contributed by atoms with E-state index in [9.17, 15) is 0 Å². The van der Waals surface area contributed by atoms with E-state index in [2.05, 4.69) is 62.0 Å². The van der Waals surface area contributed by atoms with E-state index in [4.69, 9.17) is 0 Å². The van der Waals surface area contributed by atoms with Crippen molar-refractivity contribution in [3.8, 4) is 11.3 Å². The van der Waals surface area contributed by atoms with Gasteiger partial charge in [0.25, 0.3) is 0 Å². The Kier molecular flexibility index (Phi) is 4.93. The number of hydrogen-bond donors (Lipinski definition) is 2. The summed E-state index contributed by atoms with van der Waals surface area (Å²) >= 11 is 0. The van der Waals surface area contributed by atoms with Crippen LogP contribution in [0, 0.1) is 13.8 Å². The molecule has 0 aliphatic heterocycles. The van der Waals surface area contributed by atoms with E-state index in [0.717, 1.165) is 34.1 Å². The molecular formula is C22H20N6. The molecule has 2 heterocycles. The van der Waals surface area contributed by atoms with Gasteiger partial charge in [-0.1, -0.05) is 29.8 Å². The second kappa shape index (κ2) is 7.84. The third-order valence-electron chi connectivity index (χ3n) is 4.25. The summed E-state index contributed by atoms with van der Waals surface area (Å²) < 4.78 is 0. The Morgan fingerprint density at radius 3 is 1.93 bits per heavy atom. The second-order valence-electron chi connectivity index (χ2n) is 6.54. The fourth-order valence-corrected chi connectivity index (χ4v) is 2.73. The lowest BCUT2D eigenvalue weighted by atomic mass is 10.1. The van der Waals surface area contributed by atoms with Crippen LogP contribution in [0.25, 0.3) is 11.3 Å². The van der Waals surface area contributed by atoms with Gasteiger partial charge < -0.3 is 10.6 Å². The molecule has 0 fully saturated rings. The smallest absolute Gasteiger partial charge is 0.153 e. The molecule has 0 spiro atoms. The maximum atomic E-state index is 4.32. The molecule has 0 aliphatic carbocycles. The molecule has 6 nitrogen and oxygen atoms in total. The van der Waals surface area contributed by atoms with E-state index >= 15 is 0 Å². The third kappa shape index (κ3) is 4.29. The Hall–Kier alpha value is -3.80. The topological polar surface area (TPSA) is 75.6 Å². The number of anilines is 4. The van der Waals surface area contributed by atoms with Gasteiger partial charge in [0.1, 0.15) is 12.1 Å². The Balaban J connectivity index is 1.42. The van der Waals surface area contributed by atoms with Gasteiger partial charge in [-0.2, -0.15) is 0 Å². The van der Waals surface area contributed by atoms with E-state index < -0.39 is 0 Å². The first-order chi connectivity index (χ1) is 13.7. The van der Waals surface area contributed by atoms with Crippen LogP contribution in [-0.4, -0.2) is 20.2 Å². The molecule has 0 bridgehead atoms.